The molecule has 0 unspecified atom stereocenters. The van der Waals surface area contributed by atoms with Gasteiger partial charge in [-0.2, -0.15) is 0 Å². The molecular weight excluding hydrogens is 262 g/mol. The zero-order valence-corrected chi connectivity index (χ0v) is 12.5. The molecule has 0 aliphatic rings. The number of aromatic nitrogens is 2. The van der Waals surface area contributed by atoms with E-state index >= 15 is 0 Å². The zero-order chi connectivity index (χ0) is 15.4. The number of hydrogen-bond donors (Lipinski definition) is 0. The Morgan fingerprint density at radius 2 is 1.90 bits per heavy atom. The Kier molecular flexibility index (Phi) is 5.26. The maximum atomic E-state index is 11.9. The van der Waals surface area contributed by atoms with Crippen molar-refractivity contribution in [3.8, 4) is 0 Å². The molecule has 0 N–H and O–H groups in total. The lowest BCUT2D eigenvalue weighted by Gasteiger charge is -2.25. The first-order valence-corrected chi connectivity index (χ1v) is 6.34. The molecule has 0 spiro atoms. The highest BCUT2D eigenvalue weighted by Gasteiger charge is 2.17. The summed E-state index contributed by atoms with van der Waals surface area (Å²) in [5, 5.41) is 0. The summed E-state index contributed by atoms with van der Waals surface area (Å²) in [6.45, 7) is 4.30. The summed E-state index contributed by atoms with van der Waals surface area (Å²) in [6, 6.07) is 1.49. The fourth-order valence-corrected chi connectivity index (χ4v) is 1.79. The van der Waals surface area contributed by atoms with Gasteiger partial charge in [0.2, 0.25) is 0 Å². The number of carbonyl (C=O) groups excluding carboxylic acids is 1. The second-order valence-electron chi connectivity index (χ2n) is 4.95. The number of carbonyl (C=O) groups is 1. The third-order valence-corrected chi connectivity index (χ3v) is 3.28. The molecule has 0 aliphatic heterocycles. The minimum Gasteiger partial charge on any atom is -0.468 e. The Bertz CT molecular complexity index is 601. The van der Waals surface area contributed by atoms with Crippen LogP contribution in [0.5, 0.6) is 0 Å². The second-order valence-corrected chi connectivity index (χ2v) is 4.95. The first-order chi connectivity index (χ1) is 9.27. The van der Waals surface area contributed by atoms with Crippen molar-refractivity contribution >= 4 is 5.97 Å². The van der Waals surface area contributed by atoms with Gasteiger partial charge in [0.1, 0.15) is 0 Å². The standard InChI is InChI=1S/C13H21N3O4/c1-9(2)16(8-12(18)20-5)7-10-6-11(17)15(4)13(19)14(10)3/h6,9H,7-8H2,1-5H3. The van der Waals surface area contributed by atoms with Gasteiger partial charge in [0.05, 0.1) is 13.7 Å². The van der Waals surface area contributed by atoms with E-state index in [1.807, 2.05) is 18.7 Å². The van der Waals surface area contributed by atoms with Crippen LogP contribution < -0.4 is 11.2 Å². The first-order valence-electron chi connectivity index (χ1n) is 6.34. The number of methoxy groups -OCH3 is 1. The van der Waals surface area contributed by atoms with Crippen LogP contribution in [-0.2, 0) is 30.2 Å². The third-order valence-electron chi connectivity index (χ3n) is 3.28. The van der Waals surface area contributed by atoms with Gasteiger partial charge in [0.25, 0.3) is 5.56 Å². The largest absolute Gasteiger partial charge is 0.468 e. The predicted molar refractivity (Wildman–Crippen MR) is 74.5 cm³/mol. The molecule has 0 saturated carbocycles. The molecule has 0 saturated heterocycles. The van der Waals surface area contributed by atoms with E-state index in [0.29, 0.717) is 12.2 Å². The van der Waals surface area contributed by atoms with E-state index in [0.717, 1.165) is 4.57 Å². The molecule has 0 amide bonds. The topological polar surface area (TPSA) is 73.5 Å². The molecule has 0 atom stereocenters. The Balaban J connectivity index is 3.09. The molecule has 0 bridgehead atoms. The van der Waals surface area contributed by atoms with Crippen LogP contribution in [0.1, 0.15) is 19.5 Å². The lowest BCUT2D eigenvalue weighted by molar-refractivity contribution is -0.142. The van der Waals surface area contributed by atoms with Crippen LogP contribution >= 0.6 is 0 Å². The second kappa shape index (κ2) is 6.51. The summed E-state index contributed by atoms with van der Waals surface area (Å²) in [5.41, 5.74) is -0.171. The van der Waals surface area contributed by atoms with E-state index in [1.165, 1.54) is 24.8 Å². The average Bonchev–Trinajstić information content (AvgIpc) is 2.40. The molecule has 0 aromatic carbocycles. The van der Waals surface area contributed by atoms with Crippen LogP contribution in [0, 0.1) is 0 Å². The summed E-state index contributed by atoms with van der Waals surface area (Å²) >= 11 is 0. The third kappa shape index (κ3) is 3.57. The number of ether oxygens (including phenoxy) is 1. The lowest BCUT2D eigenvalue weighted by Crippen LogP contribution is -2.41. The van der Waals surface area contributed by atoms with Crippen molar-refractivity contribution in [1.29, 1.82) is 0 Å². The van der Waals surface area contributed by atoms with Gasteiger partial charge in [-0.05, 0) is 13.8 Å². The highest BCUT2D eigenvalue weighted by atomic mass is 16.5. The van der Waals surface area contributed by atoms with Crippen molar-refractivity contribution < 1.29 is 9.53 Å². The van der Waals surface area contributed by atoms with Crippen LogP contribution in [0.3, 0.4) is 0 Å². The van der Waals surface area contributed by atoms with E-state index in [4.69, 9.17) is 0 Å². The molecule has 1 aromatic heterocycles. The van der Waals surface area contributed by atoms with Gasteiger partial charge in [-0.3, -0.25) is 23.6 Å². The van der Waals surface area contributed by atoms with Crippen molar-refractivity contribution in [3.05, 3.63) is 32.6 Å². The Morgan fingerprint density at radius 1 is 1.30 bits per heavy atom. The van der Waals surface area contributed by atoms with Crippen LogP contribution in [0.15, 0.2) is 15.7 Å². The quantitative estimate of drug-likeness (QED) is 0.679. The maximum Gasteiger partial charge on any atom is 0.330 e. The van der Waals surface area contributed by atoms with Gasteiger partial charge in [0.15, 0.2) is 0 Å². The van der Waals surface area contributed by atoms with Crippen LogP contribution in [0.25, 0.3) is 0 Å². The molecule has 7 heteroatoms. The van der Waals surface area contributed by atoms with E-state index in [9.17, 15) is 14.4 Å². The van der Waals surface area contributed by atoms with Crippen LogP contribution in [-0.4, -0.2) is 39.7 Å². The molecule has 112 valence electrons. The van der Waals surface area contributed by atoms with Crippen molar-refractivity contribution in [1.82, 2.24) is 14.0 Å². The molecule has 1 heterocycles. The first kappa shape index (κ1) is 16.2. The summed E-state index contributed by atoms with van der Waals surface area (Å²) in [4.78, 5) is 36.8. The summed E-state index contributed by atoms with van der Waals surface area (Å²) in [7, 11) is 4.37. The average molecular weight is 283 g/mol. The fraction of sp³-hybridized carbons (Fsp3) is 0.615. The smallest absolute Gasteiger partial charge is 0.330 e. The van der Waals surface area contributed by atoms with Gasteiger partial charge in [-0.25, -0.2) is 4.79 Å². The Morgan fingerprint density at radius 3 is 2.40 bits per heavy atom. The molecule has 0 aliphatic carbocycles. The molecule has 1 aromatic rings. The normalized spacial score (nSPS) is 11.2. The number of nitrogens with zero attached hydrogens (tertiary/aromatic N) is 3. The summed E-state index contributed by atoms with van der Waals surface area (Å²) in [6.07, 6.45) is 0. The van der Waals surface area contributed by atoms with Crippen molar-refractivity contribution in [2.24, 2.45) is 14.1 Å². The highest BCUT2D eigenvalue weighted by Crippen LogP contribution is 2.05. The molecule has 0 radical (unpaired) electrons. The van der Waals surface area contributed by atoms with E-state index in [1.54, 1.807) is 7.05 Å². The zero-order valence-electron chi connectivity index (χ0n) is 12.5. The SMILES string of the molecule is COC(=O)CN(Cc1cc(=O)n(C)c(=O)n1C)C(C)C. The Labute approximate surface area is 117 Å². The monoisotopic (exact) mass is 283 g/mol. The van der Waals surface area contributed by atoms with Gasteiger partial charge < -0.3 is 4.74 Å². The molecule has 20 heavy (non-hydrogen) atoms. The molecule has 1 rings (SSSR count). The number of hydrogen-bond acceptors (Lipinski definition) is 5. The molecule has 0 fully saturated rings. The van der Waals surface area contributed by atoms with Gasteiger partial charge in [0, 0.05) is 38.4 Å². The molecular formula is C13H21N3O4. The maximum absolute atomic E-state index is 11.9. The predicted octanol–water partition coefficient (Wildman–Crippen LogP) is -0.533. The minimum atomic E-state index is -0.380. The summed E-state index contributed by atoms with van der Waals surface area (Å²) < 4.78 is 7.11. The van der Waals surface area contributed by atoms with E-state index < -0.39 is 0 Å². The number of rotatable bonds is 5. The van der Waals surface area contributed by atoms with Gasteiger partial charge in [-0.15, -0.1) is 0 Å². The highest BCUT2D eigenvalue weighted by molar-refractivity contribution is 5.71. The van der Waals surface area contributed by atoms with E-state index in [2.05, 4.69) is 4.74 Å². The van der Waals surface area contributed by atoms with Gasteiger partial charge >= 0.3 is 11.7 Å². The lowest BCUT2D eigenvalue weighted by atomic mass is 10.2. The van der Waals surface area contributed by atoms with Crippen LogP contribution in [0.2, 0.25) is 0 Å². The number of esters is 1. The molecule has 7 nitrogen and oxygen atoms in total. The van der Waals surface area contributed by atoms with Crippen molar-refractivity contribution in [2.45, 2.75) is 26.4 Å². The summed E-state index contributed by atoms with van der Waals surface area (Å²) in [5.74, 6) is -0.354. The van der Waals surface area contributed by atoms with Crippen LogP contribution in [0.4, 0.5) is 0 Å². The fourth-order valence-electron chi connectivity index (χ4n) is 1.79. The van der Waals surface area contributed by atoms with Crippen molar-refractivity contribution in [3.63, 3.8) is 0 Å². The minimum absolute atomic E-state index is 0.0771. The Hall–Kier alpha value is -1.89. The van der Waals surface area contributed by atoms with E-state index in [-0.39, 0.29) is 29.8 Å². The van der Waals surface area contributed by atoms with Gasteiger partial charge in [-0.1, -0.05) is 0 Å². The van der Waals surface area contributed by atoms with Crippen molar-refractivity contribution in [2.75, 3.05) is 13.7 Å².